The van der Waals surface area contributed by atoms with Crippen LogP contribution >= 0.6 is 0 Å². The van der Waals surface area contributed by atoms with Crippen molar-refractivity contribution in [3.05, 3.63) is 65.7 Å². The quantitative estimate of drug-likeness (QED) is 0.916. The maximum Gasteiger partial charge on any atom is 0.0667 e. The zero-order chi connectivity index (χ0) is 14.5. The molecule has 2 aromatic carbocycles. The molecular formula is C19H24N2. The van der Waals surface area contributed by atoms with Crippen LogP contribution in [0.4, 0.5) is 5.69 Å². The van der Waals surface area contributed by atoms with Gasteiger partial charge in [-0.25, -0.2) is 0 Å². The van der Waals surface area contributed by atoms with E-state index in [1.165, 1.54) is 29.7 Å². The maximum atomic E-state index is 3.52. The summed E-state index contributed by atoms with van der Waals surface area (Å²) in [4.78, 5) is 2.53. The van der Waals surface area contributed by atoms with Gasteiger partial charge in [0.2, 0.25) is 0 Å². The Balaban J connectivity index is 1.84. The van der Waals surface area contributed by atoms with Crippen molar-refractivity contribution in [2.75, 3.05) is 24.5 Å². The van der Waals surface area contributed by atoms with E-state index in [9.17, 15) is 0 Å². The van der Waals surface area contributed by atoms with Crippen molar-refractivity contribution >= 4 is 5.69 Å². The summed E-state index contributed by atoms with van der Waals surface area (Å²) in [5, 5.41) is 3.52. The lowest BCUT2D eigenvalue weighted by Gasteiger charge is -2.38. The Bertz CT molecular complexity index is 548. The molecule has 0 radical (unpaired) electrons. The highest BCUT2D eigenvalue weighted by Crippen LogP contribution is 2.28. The van der Waals surface area contributed by atoms with E-state index in [1.54, 1.807) is 0 Å². The van der Waals surface area contributed by atoms with Crippen molar-refractivity contribution < 1.29 is 0 Å². The maximum absolute atomic E-state index is 3.52. The number of piperazine rings is 1. The van der Waals surface area contributed by atoms with E-state index in [1.807, 2.05) is 0 Å². The first-order valence-electron chi connectivity index (χ1n) is 7.99. The van der Waals surface area contributed by atoms with E-state index in [2.05, 4.69) is 71.7 Å². The Kier molecular flexibility index (Phi) is 4.56. The summed E-state index contributed by atoms with van der Waals surface area (Å²) in [5.74, 6) is 0. The van der Waals surface area contributed by atoms with Gasteiger partial charge in [-0.3, -0.25) is 0 Å². The van der Waals surface area contributed by atoms with E-state index < -0.39 is 0 Å². The molecule has 1 N–H and O–H groups in total. The minimum atomic E-state index is 0.428. The van der Waals surface area contributed by atoms with Crippen LogP contribution < -0.4 is 10.2 Å². The highest BCUT2D eigenvalue weighted by atomic mass is 15.2. The Morgan fingerprint density at radius 3 is 2.52 bits per heavy atom. The summed E-state index contributed by atoms with van der Waals surface area (Å²) in [6.07, 6.45) is 2.38. The van der Waals surface area contributed by atoms with E-state index in [0.717, 1.165) is 19.6 Å². The van der Waals surface area contributed by atoms with Gasteiger partial charge in [0.1, 0.15) is 0 Å². The minimum Gasteiger partial charge on any atom is -0.362 e. The molecule has 1 atom stereocenters. The van der Waals surface area contributed by atoms with E-state index in [0.29, 0.717) is 6.04 Å². The van der Waals surface area contributed by atoms with Crippen LogP contribution in [-0.2, 0) is 6.42 Å². The van der Waals surface area contributed by atoms with Gasteiger partial charge in [-0.1, -0.05) is 55.8 Å². The van der Waals surface area contributed by atoms with Gasteiger partial charge in [-0.2, -0.15) is 0 Å². The number of aryl methyl sites for hydroxylation is 1. The third-order valence-electron chi connectivity index (χ3n) is 4.23. The van der Waals surface area contributed by atoms with Crippen LogP contribution in [-0.4, -0.2) is 19.6 Å². The molecule has 1 fully saturated rings. The zero-order valence-corrected chi connectivity index (χ0v) is 12.8. The highest BCUT2D eigenvalue weighted by molar-refractivity contribution is 5.51. The fourth-order valence-corrected chi connectivity index (χ4v) is 3.13. The number of hydrogen-bond donors (Lipinski definition) is 1. The number of nitrogens with zero attached hydrogens (tertiary/aromatic N) is 1. The molecule has 1 heterocycles. The molecule has 0 aromatic heterocycles. The van der Waals surface area contributed by atoms with Crippen LogP contribution in [0.3, 0.4) is 0 Å². The SMILES string of the molecule is CCCc1ccc(N2CCNCC2c2ccccc2)cc1. The van der Waals surface area contributed by atoms with Gasteiger partial charge < -0.3 is 10.2 Å². The summed E-state index contributed by atoms with van der Waals surface area (Å²) < 4.78 is 0. The smallest absolute Gasteiger partial charge is 0.0667 e. The first kappa shape index (κ1) is 14.2. The van der Waals surface area contributed by atoms with Crippen molar-refractivity contribution in [1.29, 1.82) is 0 Å². The lowest BCUT2D eigenvalue weighted by atomic mass is 10.0. The highest BCUT2D eigenvalue weighted by Gasteiger charge is 2.23. The number of benzene rings is 2. The Morgan fingerprint density at radius 2 is 1.81 bits per heavy atom. The molecule has 2 heteroatoms. The third kappa shape index (κ3) is 3.27. The van der Waals surface area contributed by atoms with Crippen LogP contribution in [0.15, 0.2) is 54.6 Å². The standard InChI is InChI=1S/C19H24N2/c1-2-6-16-9-11-18(12-10-16)21-14-13-20-15-19(21)17-7-4-3-5-8-17/h3-5,7-12,19-20H,2,6,13-15H2,1H3. The van der Waals surface area contributed by atoms with Crippen LogP contribution in [0.1, 0.15) is 30.5 Å². The fourth-order valence-electron chi connectivity index (χ4n) is 3.13. The molecule has 3 rings (SSSR count). The lowest BCUT2D eigenvalue weighted by Crippen LogP contribution is -2.46. The number of nitrogens with one attached hydrogen (secondary N) is 1. The molecule has 0 spiro atoms. The number of anilines is 1. The van der Waals surface area contributed by atoms with Gasteiger partial charge in [0.15, 0.2) is 0 Å². The average molecular weight is 280 g/mol. The largest absolute Gasteiger partial charge is 0.362 e. The van der Waals surface area contributed by atoms with Gasteiger partial charge in [-0.15, -0.1) is 0 Å². The predicted octanol–water partition coefficient (Wildman–Crippen LogP) is 3.79. The van der Waals surface area contributed by atoms with Gasteiger partial charge in [0.05, 0.1) is 6.04 Å². The van der Waals surface area contributed by atoms with Gasteiger partial charge >= 0.3 is 0 Å². The molecule has 2 aromatic rings. The topological polar surface area (TPSA) is 15.3 Å². The Hall–Kier alpha value is -1.80. The van der Waals surface area contributed by atoms with E-state index in [4.69, 9.17) is 0 Å². The van der Waals surface area contributed by atoms with Crippen molar-refractivity contribution in [1.82, 2.24) is 5.32 Å². The van der Waals surface area contributed by atoms with E-state index >= 15 is 0 Å². The summed E-state index contributed by atoms with van der Waals surface area (Å²) in [6, 6.07) is 20.4. The van der Waals surface area contributed by atoms with Crippen LogP contribution in [0, 0.1) is 0 Å². The average Bonchev–Trinajstić information content (AvgIpc) is 2.57. The molecule has 0 aliphatic carbocycles. The van der Waals surface area contributed by atoms with Gasteiger partial charge in [0, 0.05) is 25.3 Å². The fraction of sp³-hybridized carbons (Fsp3) is 0.368. The molecule has 2 nitrogen and oxygen atoms in total. The van der Waals surface area contributed by atoms with Crippen LogP contribution in [0.25, 0.3) is 0 Å². The molecule has 1 saturated heterocycles. The zero-order valence-electron chi connectivity index (χ0n) is 12.8. The number of hydrogen-bond acceptors (Lipinski definition) is 2. The molecule has 21 heavy (non-hydrogen) atoms. The van der Waals surface area contributed by atoms with Crippen molar-refractivity contribution in [3.8, 4) is 0 Å². The van der Waals surface area contributed by atoms with Gasteiger partial charge in [0.25, 0.3) is 0 Å². The molecule has 0 amide bonds. The van der Waals surface area contributed by atoms with Gasteiger partial charge in [-0.05, 0) is 29.7 Å². The summed E-state index contributed by atoms with van der Waals surface area (Å²) >= 11 is 0. The minimum absolute atomic E-state index is 0.428. The Labute approximate surface area is 127 Å². The molecule has 1 aliphatic heterocycles. The second-order valence-corrected chi connectivity index (χ2v) is 5.74. The van der Waals surface area contributed by atoms with Crippen molar-refractivity contribution in [2.24, 2.45) is 0 Å². The monoisotopic (exact) mass is 280 g/mol. The normalized spacial score (nSPS) is 18.7. The molecule has 110 valence electrons. The molecule has 0 saturated carbocycles. The van der Waals surface area contributed by atoms with Crippen LogP contribution in [0.5, 0.6) is 0 Å². The first-order chi connectivity index (χ1) is 10.4. The predicted molar refractivity (Wildman–Crippen MR) is 89.8 cm³/mol. The molecule has 1 aliphatic rings. The second kappa shape index (κ2) is 6.77. The Morgan fingerprint density at radius 1 is 1.05 bits per heavy atom. The second-order valence-electron chi connectivity index (χ2n) is 5.74. The van der Waals surface area contributed by atoms with Crippen molar-refractivity contribution in [3.63, 3.8) is 0 Å². The summed E-state index contributed by atoms with van der Waals surface area (Å²) in [6.45, 7) is 5.36. The van der Waals surface area contributed by atoms with Crippen LogP contribution in [0.2, 0.25) is 0 Å². The first-order valence-corrected chi connectivity index (χ1v) is 7.99. The summed E-state index contributed by atoms with van der Waals surface area (Å²) in [5.41, 5.74) is 4.17. The van der Waals surface area contributed by atoms with Crippen molar-refractivity contribution in [2.45, 2.75) is 25.8 Å². The third-order valence-corrected chi connectivity index (χ3v) is 4.23. The summed E-state index contributed by atoms with van der Waals surface area (Å²) in [7, 11) is 0. The molecule has 1 unspecified atom stereocenters. The lowest BCUT2D eigenvalue weighted by molar-refractivity contribution is 0.490. The molecule has 0 bridgehead atoms. The van der Waals surface area contributed by atoms with E-state index in [-0.39, 0.29) is 0 Å². The molecular weight excluding hydrogens is 256 g/mol. The number of rotatable bonds is 4.